The van der Waals surface area contributed by atoms with Gasteiger partial charge in [-0.25, -0.2) is 8.42 Å². The van der Waals surface area contributed by atoms with E-state index in [0.717, 1.165) is 6.26 Å². The maximum absolute atomic E-state index is 11.1. The molecule has 6 heteroatoms. The number of nitrogens with one attached hydrogen (secondary N) is 1. The first kappa shape index (κ1) is 11.4. The second-order valence-corrected chi connectivity index (χ2v) is 4.86. The molecule has 0 spiro atoms. The number of nitrogens with zero attached hydrogens (tertiary/aromatic N) is 1. The highest BCUT2D eigenvalue weighted by molar-refractivity contribution is 7.88. The molecule has 0 fully saturated rings. The summed E-state index contributed by atoms with van der Waals surface area (Å²) in [6, 6.07) is -0.163. The Labute approximate surface area is 73.1 Å². The van der Waals surface area contributed by atoms with Crippen LogP contribution >= 0.6 is 0 Å². The van der Waals surface area contributed by atoms with Gasteiger partial charge in [0.1, 0.15) is 5.84 Å². The van der Waals surface area contributed by atoms with Crippen LogP contribution in [0.1, 0.15) is 13.8 Å². The highest BCUT2D eigenvalue weighted by Gasteiger charge is 2.20. The Morgan fingerprint density at radius 3 is 2.08 bits per heavy atom. The third kappa shape index (κ3) is 3.68. The average Bonchev–Trinajstić information content (AvgIpc) is 1.79. The summed E-state index contributed by atoms with van der Waals surface area (Å²) in [6.45, 7) is 3.45. The van der Waals surface area contributed by atoms with E-state index in [1.165, 1.54) is 4.31 Å². The number of rotatable bonds is 4. The summed E-state index contributed by atoms with van der Waals surface area (Å²) in [5, 5.41) is 6.97. The average molecular weight is 193 g/mol. The van der Waals surface area contributed by atoms with E-state index in [9.17, 15) is 8.42 Å². The Morgan fingerprint density at radius 2 is 2.00 bits per heavy atom. The maximum Gasteiger partial charge on any atom is 0.211 e. The number of nitrogens with two attached hydrogens (primary N) is 1. The van der Waals surface area contributed by atoms with E-state index in [0.29, 0.717) is 0 Å². The summed E-state index contributed by atoms with van der Waals surface area (Å²) >= 11 is 0. The van der Waals surface area contributed by atoms with Crippen molar-refractivity contribution in [1.29, 1.82) is 5.41 Å². The lowest BCUT2D eigenvalue weighted by molar-refractivity contribution is 0.392. The van der Waals surface area contributed by atoms with E-state index in [-0.39, 0.29) is 18.4 Å². The minimum absolute atomic E-state index is 0.0312. The SMILES string of the molecule is CC(C)N(CC(=N)N)S(C)(=O)=O. The first-order valence-corrected chi connectivity index (χ1v) is 5.39. The molecule has 0 heterocycles. The first-order chi connectivity index (χ1) is 5.25. The molecule has 0 saturated carbocycles. The molecule has 0 amide bonds. The minimum atomic E-state index is -3.25. The van der Waals surface area contributed by atoms with Crippen LogP contribution in [-0.2, 0) is 10.0 Å². The zero-order valence-electron chi connectivity index (χ0n) is 7.53. The van der Waals surface area contributed by atoms with Gasteiger partial charge in [0, 0.05) is 6.04 Å². The summed E-state index contributed by atoms with van der Waals surface area (Å²) in [6.07, 6.45) is 1.11. The Hall–Kier alpha value is -0.620. The smallest absolute Gasteiger partial charge is 0.211 e. The summed E-state index contributed by atoms with van der Waals surface area (Å²) in [4.78, 5) is 0. The van der Waals surface area contributed by atoms with E-state index < -0.39 is 10.0 Å². The quantitative estimate of drug-likeness (QED) is 0.470. The Kier molecular flexibility index (Phi) is 3.66. The molecule has 0 aliphatic carbocycles. The molecule has 0 unspecified atom stereocenters. The predicted octanol–water partition coefficient (Wildman–Crippen LogP) is -0.408. The minimum Gasteiger partial charge on any atom is -0.387 e. The van der Waals surface area contributed by atoms with Crippen LogP contribution in [-0.4, -0.2) is 37.4 Å². The zero-order chi connectivity index (χ0) is 9.94. The fourth-order valence-corrected chi connectivity index (χ4v) is 1.99. The van der Waals surface area contributed by atoms with Crippen molar-refractivity contribution in [3.8, 4) is 0 Å². The third-order valence-electron chi connectivity index (χ3n) is 1.33. The van der Waals surface area contributed by atoms with Crippen molar-refractivity contribution in [3.63, 3.8) is 0 Å². The van der Waals surface area contributed by atoms with E-state index in [4.69, 9.17) is 11.1 Å². The first-order valence-electron chi connectivity index (χ1n) is 3.55. The normalized spacial score (nSPS) is 12.4. The number of sulfonamides is 1. The molecule has 72 valence electrons. The van der Waals surface area contributed by atoms with Crippen LogP contribution in [0.3, 0.4) is 0 Å². The van der Waals surface area contributed by atoms with Gasteiger partial charge in [0.15, 0.2) is 0 Å². The van der Waals surface area contributed by atoms with Crippen molar-refractivity contribution in [3.05, 3.63) is 0 Å². The van der Waals surface area contributed by atoms with Gasteiger partial charge in [0.2, 0.25) is 10.0 Å². The molecule has 0 saturated heterocycles. The predicted molar refractivity (Wildman–Crippen MR) is 48.6 cm³/mol. The van der Waals surface area contributed by atoms with Crippen LogP contribution in [0.4, 0.5) is 0 Å². The fourth-order valence-electron chi connectivity index (χ4n) is 0.851. The van der Waals surface area contributed by atoms with Gasteiger partial charge in [-0.05, 0) is 13.8 Å². The molecule has 0 aromatic rings. The van der Waals surface area contributed by atoms with Crippen molar-refractivity contribution in [2.24, 2.45) is 5.73 Å². The molecular weight excluding hydrogens is 178 g/mol. The van der Waals surface area contributed by atoms with E-state index >= 15 is 0 Å². The number of hydrogen-bond donors (Lipinski definition) is 2. The van der Waals surface area contributed by atoms with Crippen molar-refractivity contribution in [2.45, 2.75) is 19.9 Å². The van der Waals surface area contributed by atoms with Gasteiger partial charge in [-0.3, -0.25) is 5.41 Å². The van der Waals surface area contributed by atoms with Crippen molar-refractivity contribution in [2.75, 3.05) is 12.8 Å². The Balaban J connectivity index is 4.58. The summed E-state index contributed by atoms with van der Waals surface area (Å²) in [7, 11) is -3.25. The number of hydrogen-bond acceptors (Lipinski definition) is 3. The Morgan fingerprint density at radius 1 is 1.58 bits per heavy atom. The zero-order valence-corrected chi connectivity index (χ0v) is 8.35. The number of amidine groups is 1. The van der Waals surface area contributed by atoms with E-state index in [1.807, 2.05) is 0 Å². The molecule has 0 atom stereocenters. The molecule has 0 aromatic carbocycles. The van der Waals surface area contributed by atoms with Crippen LogP contribution in [0.2, 0.25) is 0 Å². The standard InChI is InChI=1S/C6H15N3O2S/c1-5(2)9(4-6(7)8)12(3,10)11/h5H,4H2,1-3H3,(H3,7,8). The topological polar surface area (TPSA) is 87.2 Å². The molecule has 0 bridgehead atoms. The second kappa shape index (κ2) is 3.86. The Bertz CT molecular complexity index is 258. The fraction of sp³-hybridized carbons (Fsp3) is 0.833. The van der Waals surface area contributed by atoms with Crippen LogP contribution in [0, 0.1) is 5.41 Å². The van der Waals surface area contributed by atoms with E-state index in [1.54, 1.807) is 13.8 Å². The highest BCUT2D eigenvalue weighted by atomic mass is 32.2. The molecule has 0 aliphatic heterocycles. The van der Waals surface area contributed by atoms with Crippen molar-refractivity contribution in [1.82, 2.24) is 4.31 Å². The molecule has 0 rings (SSSR count). The van der Waals surface area contributed by atoms with Crippen LogP contribution in [0.15, 0.2) is 0 Å². The maximum atomic E-state index is 11.1. The largest absolute Gasteiger partial charge is 0.387 e. The van der Waals surface area contributed by atoms with Gasteiger partial charge in [0.25, 0.3) is 0 Å². The molecule has 5 nitrogen and oxygen atoms in total. The van der Waals surface area contributed by atoms with Gasteiger partial charge < -0.3 is 5.73 Å². The molecule has 12 heavy (non-hydrogen) atoms. The highest BCUT2D eigenvalue weighted by Crippen LogP contribution is 2.03. The summed E-state index contributed by atoms with van der Waals surface area (Å²) < 4.78 is 23.3. The molecule has 0 aliphatic rings. The van der Waals surface area contributed by atoms with Crippen molar-refractivity contribution < 1.29 is 8.42 Å². The summed E-state index contributed by atoms with van der Waals surface area (Å²) in [5.41, 5.74) is 5.11. The van der Waals surface area contributed by atoms with Crippen LogP contribution < -0.4 is 5.73 Å². The van der Waals surface area contributed by atoms with Gasteiger partial charge in [-0.1, -0.05) is 0 Å². The van der Waals surface area contributed by atoms with Crippen LogP contribution in [0.25, 0.3) is 0 Å². The lowest BCUT2D eigenvalue weighted by Gasteiger charge is -2.22. The van der Waals surface area contributed by atoms with Crippen molar-refractivity contribution >= 4 is 15.9 Å². The lowest BCUT2D eigenvalue weighted by atomic mass is 10.4. The van der Waals surface area contributed by atoms with Crippen LogP contribution in [0.5, 0.6) is 0 Å². The van der Waals surface area contributed by atoms with E-state index in [2.05, 4.69) is 0 Å². The van der Waals surface area contributed by atoms with Gasteiger partial charge in [-0.2, -0.15) is 4.31 Å². The van der Waals surface area contributed by atoms with Gasteiger partial charge in [0.05, 0.1) is 12.8 Å². The third-order valence-corrected chi connectivity index (χ3v) is 2.73. The lowest BCUT2D eigenvalue weighted by Crippen LogP contribution is -2.41. The molecular formula is C6H15N3O2S. The molecule has 0 radical (unpaired) electrons. The second-order valence-electron chi connectivity index (χ2n) is 2.93. The monoisotopic (exact) mass is 193 g/mol. The van der Waals surface area contributed by atoms with Gasteiger partial charge in [-0.15, -0.1) is 0 Å². The molecule has 3 N–H and O–H groups in total. The summed E-state index contributed by atoms with van der Waals surface area (Å²) in [5.74, 6) is -0.144. The van der Waals surface area contributed by atoms with Gasteiger partial charge >= 0.3 is 0 Å². The molecule has 0 aromatic heterocycles.